The Morgan fingerprint density at radius 3 is 2.38 bits per heavy atom. The lowest BCUT2D eigenvalue weighted by molar-refractivity contribution is -0.137. The van der Waals surface area contributed by atoms with E-state index in [1.165, 1.54) is 19.1 Å². The summed E-state index contributed by atoms with van der Waals surface area (Å²) >= 11 is 0. The molecule has 9 heteroatoms. The van der Waals surface area contributed by atoms with E-state index >= 15 is 0 Å². The molecule has 158 valence electrons. The zero-order chi connectivity index (χ0) is 21.8. The first-order valence-corrected chi connectivity index (χ1v) is 10.3. The van der Waals surface area contributed by atoms with Crippen molar-refractivity contribution in [2.24, 2.45) is 0 Å². The average molecular weight is 429 g/mol. The number of halogens is 3. The molecule has 0 aromatic heterocycles. The molecular formula is C20H22F3NO4S. The molecule has 0 aliphatic carbocycles. The molecule has 0 spiro atoms. The standard InChI is InChI=1S/C20H22F3NO4S/c1-4-14(2)24(15(3)25)13-16-7-5-9-18(11-16)28-29(26,27)19-10-6-8-17(12-19)20(21,22)23/h5-12,14H,4,13H2,1-3H3. The van der Waals surface area contributed by atoms with Gasteiger partial charge in [-0.25, -0.2) is 0 Å². The topological polar surface area (TPSA) is 63.7 Å². The number of benzene rings is 2. The molecular weight excluding hydrogens is 407 g/mol. The number of carbonyl (C=O) groups is 1. The number of alkyl halides is 3. The predicted molar refractivity (Wildman–Crippen MR) is 102 cm³/mol. The highest BCUT2D eigenvalue weighted by molar-refractivity contribution is 7.87. The van der Waals surface area contributed by atoms with Crippen molar-refractivity contribution in [1.82, 2.24) is 4.90 Å². The summed E-state index contributed by atoms with van der Waals surface area (Å²) in [7, 11) is -4.46. The number of hydrogen-bond donors (Lipinski definition) is 0. The molecule has 5 nitrogen and oxygen atoms in total. The summed E-state index contributed by atoms with van der Waals surface area (Å²) in [5, 5.41) is 0. The average Bonchev–Trinajstić information content (AvgIpc) is 2.64. The number of rotatable bonds is 7. The summed E-state index contributed by atoms with van der Waals surface area (Å²) in [5.74, 6) is -0.171. The van der Waals surface area contributed by atoms with Gasteiger partial charge in [0.1, 0.15) is 10.6 Å². The van der Waals surface area contributed by atoms with Gasteiger partial charge in [0, 0.05) is 19.5 Å². The fourth-order valence-corrected chi connectivity index (χ4v) is 3.66. The highest BCUT2D eigenvalue weighted by Crippen LogP contribution is 2.31. The van der Waals surface area contributed by atoms with Crippen molar-refractivity contribution >= 4 is 16.0 Å². The summed E-state index contributed by atoms with van der Waals surface area (Å²) in [6, 6.07) is 9.44. The minimum atomic E-state index is -4.67. The monoisotopic (exact) mass is 429 g/mol. The number of hydrogen-bond acceptors (Lipinski definition) is 4. The van der Waals surface area contributed by atoms with Crippen LogP contribution in [-0.2, 0) is 27.6 Å². The largest absolute Gasteiger partial charge is 0.416 e. The van der Waals surface area contributed by atoms with E-state index < -0.39 is 26.8 Å². The molecule has 1 atom stereocenters. The Hall–Kier alpha value is -2.55. The van der Waals surface area contributed by atoms with Crippen LogP contribution < -0.4 is 4.18 Å². The maximum atomic E-state index is 12.8. The van der Waals surface area contributed by atoms with Crippen LogP contribution in [0.15, 0.2) is 53.4 Å². The second-order valence-electron chi connectivity index (χ2n) is 6.61. The fourth-order valence-electron chi connectivity index (χ4n) is 2.69. The molecule has 0 aliphatic rings. The van der Waals surface area contributed by atoms with Crippen molar-refractivity contribution in [1.29, 1.82) is 0 Å². The van der Waals surface area contributed by atoms with E-state index in [9.17, 15) is 26.4 Å². The van der Waals surface area contributed by atoms with Crippen LogP contribution in [0.25, 0.3) is 0 Å². The quantitative estimate of drug-likeness (QED) is 0.603. The van der Waals surface area contributed by atoms with Crippen LogP contribution in [0, 0.1) is 0 Å². The van der Waals surface area contributed by atoms with Gasteiger partial charge in [-0.15, -0.1) is 0 Å². The van der Waals surface area contributed by atoms with Crippen LogP contribution in [0.4, 0.5) is 13.2 Å². The van der Waals surface area contributed by atoms with Crippen LogP contribution >= 0.6 is 0 Å². The Morgan fingerprint density at radius 1 is 1.14 bits per heavy atom. The van der Waals surface area contributed by atoms with Crippen molar-refractivity contribution in [2.75, 3.05) is 0 Å². The number of amides is 1. The Morgan fingerprint density at radius 2 is 1.79 bits per heavy atom. The Balaban J connectivity index is 2.26. The van der Waals surface area contributed by atoms with Gasteiger partial charge in [-0.05, 0) is 49.2 Å². The van der Waals surface area contributed by atoms with Gasteiger partial charge in [-0.3, -0.25) is 4.79 Å². The van der Waals surface area contributed by atoms with Gasteiger partial charge in [0.25, 0.3) is 0 Å². The van der Waals surface area contributed by atoms with Crippen molar-refractivity contribution in [3.05, 3.63) is 59.7 Å². The van der Waals surface area contributed by atoms with Crippen molar-refractivity contribution in [3.8, 4) is 5.75 Å². The zero-order valence-electron chi connectivity index (χ0n) is 16.2. The van der Waals surface area contributed by atoms with E-state index in [0.29, 0.717) is 11.6 Å². The maximum absolute atomic E-state index is 12.8. The molecule has 0 N–H and O–H groups in total. The molecule has 2 rings (SSSR count). The summed E-state index contributed by atoms with van der Waals surface area (Å²) in [5.41, 5.74) is -0.446. The van der Waals surface area contributed by atoms with E-state index in [1.54, 1.807) is 17.0 Å². The molecule has 0 aliphatic heterocycles. The van der Waals surface area contributed by atoms with E-state index in [-0.39, 0.29) is 24.2 Å². The molecule has 0 fully saturated rings. The van der Waals surface area contributed by atoms with Gasteiger partial charge in [0.05, 0.1) is 5.56 Å². The highest BCUT2D eigenvalue weighted by atomic mass is 32.2. The minimum Gasteiger partial charge on any atom is -0.379 e. The van der Waals surface area contributed by atoms with E-state index in [2.05, 4.69) is 0 Å². The van der Waals surface area contributed by atoms with Gasteiger partial charge in [-0.2, -0.15) is 21.6 Å². The summed E-state index contributed by atoms with van der Waals surface area (Å²) in [4.78, 5) is 12.9. The molecule has 0 heterocycles. The van der Waals surface area contributed by atoms with Gasteiger partial charge in [0.2, 0.25) is 5.91 Å². The molecule has 29 heavy (non-hydrogen) atoms. The first-order valence-electron chi connectivity index (χ1n) is 8.92. The third kappa shape index (κ3) is 5.96. The SMILES string of the molecule is CCC(C)N(Cc1cccc(OS(=O)(=O)c2cccc(C(F)(F)F)c2)c1)C(C)=O. The van der Waals surface area contributed by atoms with Gasteiger partial charge in [-0.1, -0.05) is 25.1 Å². The second kappa shape index (κ2) is 8.86. The number of nitrogens with zero attached hydrogens (tertiary/aromatic N) is 1. The number of carbonyl (C=O) groups excluding carboxylic acids is 1. The van der Waals surface area contributed by atoms with Gasteiger partial charge in [0.15, 0.2) is 0 Å². The van der Waals surface area contributed by atoms with E-state index in [1.807, 2.05) is 13.8 Å². The Bertz CT molecular complexity index is 974. The predicted octanol–water partition coefficient (Wildman–Crippen LogP) is 4.62. The first kappa shape index (κ1) is 22.7. The smallest absolute Gasteiger partial charge is 0.379 e. The minimum absolute atomic E-state index is 0.00841. The van der Waals surface area contributed by atoms with Crippen LogP contribution in [0.1, 0.15) is 38.3 Å². The molecule has 0 bridgehead atoms. The molecule has 0 saturated heterocycles. The van der Waals surface area contributed by atoms with Crippen molar-refractivity contribution in [2.45, 2.75) is 50.9 Å². The molecule has 0 saturated carbocycles. The zero-order valence-corrected chi connectivity index (χ0v) is 17.0. The van der Waals surface area contributed by atoms with Crippen LogP contribution in [0.5, 0.6) is 5.75 Å². The van der Waals surface area contributed by atoms with Crippen LogP contribution in [-0.4, -0.2) is 25.3 Å². The molecule has 2 aromatic carbocycles. The lowest BCUT2D eigenvalue weighted by Gasteiger charge is -2.27. The summed E-state index contributed by atoms with van der Waals surface area (Å²) in [6.07, 6.45) is -3.92. The van der Waals surface area contributed by atoms with E-state index in [4.69, 9.17) is 4.18 Å². The van der Waals surface area contributed by atoms with Crippen molar-refractivity contribution < 1.29 is 30.6 Å². The summed E-state index contributed by atoms with van der Waals surface area (Å²) in [6.45, 7) is 5.55. The lowest BCUT2D eigenvalue weighted by Crippen LogP contribution is -2.36. The first-order chi connectivity index (χ1) is 13.4. The summed E-state index contributed by atoms with van der Waals surface area (Å²) < 4.78 is 68.4. The van der Waals surface area contributed by atoms with Crippen LogP contribution in [0.2, 0.25) is 0 Å². The van der Waals surface area contributed by atoms with Gasteiger partial charge < -0.3 is 9.08 Å². The van der Waals surface area contributed by atoms with Crippen LogP contribution in [0.3, 0.4) is 0 Å². The molecule has 0 radical (unpaired) electrons. The van der Waals surface area contributed by atoms with Crippen molar-refractivity contribution in [3.63, 3.8) is 0 Å². The Kier molecular flexibility index (Phi) is 6.94. The molecule has 1 amide bonds. The Labute approximate surface area is 168 Å². The third-order valence-electron chi connectivity index (χ3n) is 4.43. The molecule has 2 aromatic rings. The maximum Gasteiger partial charge on any atom is 0.416 e. The molecule has 1 unspecified atom stereocenters. The highest BCUT2D eigenvalue weighted by Gasteiger charge is 2.32. The van der Waals surface area contributed by atoms with E-state index in [0.717, 1.165) is 24.6 Å². The lowest BCUT2D eigenvalue weighted by atomic mass is 10.1. The third-order valence-corrected chi connectivity index (χ3v) is 5.68. The second-order valence-corrected chi connectivity index (χ2v) is 8.16. The fraction of sp³-hybridized carbons (Fsp3) is 0.350. The normalized spacial score (nSPS) is 13.0. The van der Waals surface area contributed by atoms with Gasteiger partial charge >= 0.3 is 16.3 Å².